The predicted octanol–water partition coefficient (Wildman–Crippen LogP) is 4.04. The summed E-state index contributed by atoms with van der Waals surface area (Å²) in [6.07, 6.45) is 10.5. The Morgan fingerprint density at radius 2 is 2.18 bits per heavy atom. The fourth-order valence-corrected chi connectivity index (χ4v) is 2.32. The van der Waals surface area contributed by atoms with Crippen molar-refractivity contribution in [1.29, 1.82) is 0 Å². The third-order valence-corrected chi connectivity index (χ3v) is 3.61. The smallest absolute Gasteiger partial charge is 0.330 e. The lowest BCUT2D eigenvalue weighted by Gasteiger charge is -2.18. The fraction of sp³-hybridized carbons (Fsp3) is 0.316. The number of hydrogen-bond donors (Lipinski definition) is 1. The first-order valence-corrected chi connectivity index (χ1v) is 7.67. The number of benzene rings is 1. The van der Waals surface area contributed by atoms with Crippen molar-refractivity contribution < 1.29 is 9.53 Å². The number of esters is 1. The van der Waals surface area contributed by atoms with Crippen LogP contribution in [0.25, 0.3) is 0 Å². The Kier molecular flexibility index (Phi) is 6.01. The highest BCUT2D eigenvalue weighted by atomic mass is 16.5. The number of nitrogens with one attached hydrogen (secondary N) is 1. The van der Waals surface area contributed by atoms with Crippen LogP contribution in [0.1, 0.15) is 25.3 Å². The van der Waals surface area contributed by atoms with Gasteiger partial charge in [0.2, 0.25) is 0 Å². The molecule has 1 aliphatic carbocycles. The van der Waals surface area contributed by atoms with Gasteiger partial charge in [-0.2, -0.15) is 0 Å². The number of ether oxygens (including phenoxy) is 1. The summed E-state index contributed by atoms with van der Waals surface area (Å²) in [6.45, 7) is 5.92. The molecule has 1 aromatic carbocycles. The summed E-state index contributed by atoms with van der Waals surface area (Å²) in [5, 5.41) is 3.51. The molecule has 0 amide bonds. The average Bonchev–Trinajstić information content (AvgIpc) is 2.55. The van der Waals surface area contributed by atoms with Crippen LogP contribution in [0.5, 0.6) is 0 Å². The van der Waals surface area contributed by atoms with Crippen molar-refractivity contribution in [3.63, 3.8) is 0 Å². The van der Waals surface area contributed by atoms with Gasteiger partial charge < -0.3 is 10.1 Å². The number of anilines is 1. The first kappa shape index (κ1) is 16.1. The van der Waals surface area contributed by atoms with E-state index in [-0.39, 0.29) is 5.97 Å². The number of carbonyl (C=O) groups is 1. The minimum absolute atomic E-state index is 0.357. The Hall–Kier alpha value is -2.29. The summed E-state index contributed by atoms with van der Waals surface area (Å²) in [6, 6.07) is 8.80. The molecule has 1 N–H and O–H groups in total. The Morgan fingerprint density at radius 1 is 1.41 bits per heavy atom. The van der Waals surface area contributed by atoms with E-state index in [0.29, 0.717) is 12.6 Å². The fourth-order valence-electron chi connectivity index (χ4n) is 2.32. The Morgan fingerprint density at radius 3 is 2.82 bits per heavy atom. The van der Waals surface area contributed by atoms with Gasteiger partial charge in [0.1, 0.15) is 0 Å². The first-order valence-electron chi connectivity index (χ1n) is 7.67. The average molecular weight is 297 g/mol. The lowest BCUT2D eigenvalue weighted by atomic mass is 10.0. The molecule has 0 spiro atoms. The summed E-state index contributed by atoms with van der Waals surface area (Å²) in [5.41, 5.74) is 3.70. The summed E-state index contributed by atoms with van der Waals surface area (Å²) < 4.78 is 4.96. The largest absolute Gasteiger partial charge is 0.463 e. The molecule has 0 radical (unpaired) electrons. The van der Waals surface area contributed by atoms with E-state index in [1.807, 2.05) is 0 Å². The van der Waals surface area contributed by atoms with Gasteiger partial charge in [-0.05, 0) is 43.9 Å². The maximum absolute atomic E-state index is 10.9. The molecule has 3 nitrogen and oxygen atoms in total. The van der Waals surface area contributed by atoms with E-state index in [4.69, 9.17) is 4.74 Å². The zero-order valence-electron chi connectivity index (χ0n) is 13.0. The highest BCUT2D eigenvalue weighted by Crippen LogP contribution is 2.17. The van der Waals surface area contributed by atoms with E-state index in [1.54, 1.807) is 0 Å². The third kappa shape index (κ3) is 5.24. The van der Waals surface area contributed by atoms with Crippen LogP contribution in [0.4, 0.5) is 5.69 Å². The van der Waals surface area contributed by atoms with Gasteiger partial charge in [0.15, 0.2) is 0 Å². The van der Waals surface area contributed by atoms with Crippen molar-refractivity contribution in [3.05, 3.63) is 66.3 Å². The standard InChI is InChI=1S/C19H23NO2/c1-3-19(21)22-14-4-5-16-8-12-18(13-9-16)20-17-10-6-15(2)7-11-17/h3,6-10,12-13,17,20H,1,4-5,11,14H2,2H3. The molecule has 0 saturated heterocycles. The first-order chi connectivity index (χ1) is 10.7. The molecule has 2 rings (SSSR count). The van der Waals surface area contributed by atoms with Gasteiger partial charge in [-0.1, -0.05) is 42.5 Å². The Labute approximate surface area is 132 Å². The molecule has 22 heavy (non-hydrogen) atoms. The van der Waals surface area contributed by atoms with Crippen LogP contribution in [0.15, 0.2) is 60.7 Å². The molecule has 1 unspecified atom stereocenters. The zero-order chi connectivity index (χ0) is 15.8. The van der Waals surface area contributed by atoms with Crippen LogP contribution in [-0.2, 0) is 16.0 Å². The zero-order valence-corrected chi connectivity index (χ0v) is 13.0. The number of allylic oxidation sites excluding steroid dienone is 2. The molecular weight excluding hydrogens is 274 g/mol. The van der Waals surface area contributed by atoms with Gasteiger partial charge in [-0.25, -0.2) is 4.79 Å². The number of carbonyl (C=O) groups excluding carboxylic acids is 1. The van der Waals surface area contributed by atoms with Crippen molar-refractivity contribution in [2.24, 2.45) is 0 Å². The third-order valence-electron chi connectivity index (χ3n) is 3.61. The highest BCUT2D eigenvalue weighted by Gasteiger charge is 2.06. The number of hydrogen-bond acceptors (Lipinski definition) is 3. The van der Waals surface area contributed by atoms with Crippen molar-refractivity contribution in [2.75, 3.05) is 11.9 Å². The van der Waals surface area contributed by atoms with E-state index in [0.717, 1.165) is 24.9 Å². The molecule has 1 atom stereocenters. The van der Waals surface area contributed by atoms with Crippen molar-refractivity contribution in [1.82, 2.24) is 0 Å². The number of aryl methyl sites for hydroxylation is 1. The molecule has 0 bridgehead atoms. The summed E-state index contributed by atoms with van der Waals surface area (Å²) >= 11 is 0. The highest BCUT2D eigenvalue weighted by molar-refractivity contribution is 5.81. The van der Waals surface area contributed by atoms with E-state index in [9.17, 15) is 4.79 Å². The minimum Gasteiger partial charge on any atom is -0.463 e. The lowest BCUT2D eigenvalue weighted by molar-refractivity contribution is -0.137. The summed E-state index contributed by atoms with van der Waals surface area (Å²) in [4.78, 5) is 10.9. The predicted molar refractivity (Wildman–Crippen MR) is 90.8 cm³/mol. The van der Waals surface area contributed by atoms with E-state index < -0.39 is 0 Å². The topological polar surface area (TPSA) is 38.3 Å². The van der Waals surface area contributed by atoms with Gasteiger partial charge in [0, 0.05) is 17.8 Å². The maximum atomic E-state index is 10.9. The van der Waals surface area contributed by atoms with Crippen molar-refractivity contribution in [2.45, 2.75) is 32.2 Å². The van der Waals surface area contributed by atoms with Gasteiger partial charge >= 0.3 is 5.97 Å². The van der Waals surface area contributed by atoms with Crippen LogP contribution in [0.2, 0.25) is 0 Å². The molecule has 1 aromatic rings. The second-order valence-corrected chi connectivity index (χ2v) is 5.47. The Balaban J connectivity index is 1.74. The summed E-state index contributed by atoms with van der Waals surface area (Å²) in [7, 11) is 0. The lowest BCUT2D eigenvalue weighted by Crippen LogP contribution is -2.17. The van der Waals surface area contributed by atoms with Crippen molar-refractivity contribution >= 4 is 11.7 Å². The van der Waals surface area contributed by atoms with Gasteiger partial charge in [-0.3, -0.25) is 0 Å². The normalized spacial score (nSPS) is 16.8. The molecule has 0 heterocycles. The second-order valence-electron chi connectivity index (χ2n) is 5.47. The molecule has 1 aliphatic rings. The van der Waals surface area contributed by atoms with Gasteiger partial charge in [-0.15, -0.1) is 0 Å². The van der Waals surface area contributed by atoms with Crippen LogP contribution >= 0.6 is 0 Å². The van der Waals surface area contributed by atoms with E-state index in [1.165, 1.54) is 17.2 Å². The molecular formula is C19H23NO2. The quantitative estimate of drug-likeness (QED) is 0.469. The van der Waals surface area contributed by atoms with Gasteiger partial charge in [0.25, 0.3) is 0 Å². The minimum atomic E-state index is -0.357. The molecule has 0 aromatic heterocycles. The molecule has 0 fully saturated rings. The van der Waals surface area contributed by atoms with Gasteiger partial charge in [0.05, 0.1) is 6.61 Å². The molecule has 3 heteroatoms. The number of rotatable bonds is 7. The van der Waals surface area contributed by atoms with Crippen LogP contribution in [-0.4, -0.2) is 18.6 Å². The SMILES string of the molecule is C=CC(=O)OCCCc1ccc(NC2C=CC(C)=CC2)cc1. The van der Waals surface area contributed by atoms with Crippen LogP contribution < -0.4 is 5.32 Å². The maximum Gasteiger partial charge on any atom is 0.330 e. The van der Waals surface area contributed by atoms with Crippen LogP contribution in [0, 0.1) is 0 Å². The second kappa shape index (κ2) is 8.23. The summed E-state index contributed by atoms with van der Waals surface area (Å²) in [5.74, 6) is -0.357. The molecule has 116 valence electrons. The van der Waals surface area contributed by atoms with Crippen LogP contribution in [0.3, 0.4) is 0 Å². The monoisotopic (exact) mass is 297 g/mol. The van der Waals surface area contributed by atoms with E-state index >= 15 is 0 Å². The van der Waals surface area contributed by atoms with Crippen molar-refractivity contribution in [3.8, 4) is 0 Å². The molecule has 0 aliphatic heterocycles. The molecule has 0 saturated carbocycles. The van der Waals surface area contributed by atoms with E-state index in [2.05, 4.69) is 61.3 Å². The Bertz CT molecular complexity index is 570.